The Morgan fingerprint density at radius 2 is 1.47 bits per heavy atom. The van der Waals surface area contributed by atoms with E-state index in [1.54, 1.807) is 0 Å². The van der Waals surface area contributed by atoms with Gasteiger partial charge in [-0.3, -0.25) is 4.79 Å². The molecule has 0 radical (unpaired) electrons. The van der Waals surface area contributed by atoms with Crippen LogP contribution in [-0.2, 0) is 15.2 Å². The van der Waals surface area contributed by atoms with Gasteiger partial charge in [-0.2, -0.15) is 26.3 Å². The molecule has 0 fully saturated rings. The number of anilines is 1. The van der Waals surface area contributed by atoms with Crippen LogP contribution in [0.15, 0.2) is 42.5 Å². The van der Waals surface area contributed by atoms with E-state index in [0.717, 1.165) is 0 Å². The van der Waals surface area contributed by atoms with Gasteiger partial charge < -0.3 is 15.2 Å². The van der Waals surface area contributed by atoms with E-state index >= 15 is 0 Å². The standard InChI is InChI=1S/C21H18F7NO3/c1-12(30)3-2-4-18(31)29-15-8-5-13(6-9-15)16-10-7-14(11-17(16)22)19(32,20(23,24)25)21(26,27)28/h5-11,32H,2-4H2,1H3,(H,29,31). The molecule has 32 heavy (non-hydrogen) atoms. The maximum Gasteiger partial charge on any atom is 0.430 e. The van der Waals surface area contributed by atoms with Crippen LogP contribution < -0.4 is 5.32 Å². The highest BCUT2D eigenvalue weighted by atomic mass is 19.4. The average Bonchev–Trinajstić information content (AvgIpc) is 2.66. The Hall–Kier alpha value is -2.95. The molecule has 0 aliphatic heterocycles. The molecule has 2 aromatic carbocycles. The van der Waals surface area contributed by atoms with E-state index in [4.69, 9.17) is 0 Å². The lowest BCUT2D eigenvalue weighted by Crippen LogP contribution is -2.53. The smallest absolute Gasteiger partial charge is 0.369 e. The Labute approximate surface area is 178 Å². The summed E-state index contributed by atoms with van der Waals surface area (Å²) in [6.07, 6.45) is -11.5. The highest BCUT2D eigenvalue weighted by molar-refractivity contribution is 5.91. The van der Waals surface area contributed by atoms with Crippen molar-refractivity contribution in [3.63, 3.8) is 0 Å². The number of rotatable bonds is 7. The first-order valence-corrected chi connectivity index (χ1v) is 9.22. The molecule has 4 nitrogen and oxygen atoms in total. The topological polar surface area (TPSA) is 66.4 Å². The molecule has 0 unspecified atom stereocenters. The molecular formula is C21H18F7NO3. The zero-order valence-electron chi connectivity index (χ0n) is 16.6. The van der Waals surface area contributed by atoms with Gasteiger partial charge >= 0.3 is 12.4 Å². The minimum Gasteiger partial charge on any atom is -0.369 e. The highest BCUT2D eigenvalue weighted by Crippen LogP contribution is 2.50. The molecule has 2 N–H and O–H groups in total. The van der Waals surface area contributed by atoms with E-state index in [1.165, 1.54) is 31.2 Å². The molecule has 0 atom stereocenters. The number of amides is 1. The molecule has 0 aliphatic rings. The summed E-state index contributed by atoms with van der Waals surface area (Å²) in [5.41, 5.74) is -6.79. The summed E-state index contributed by atoms with van der Waals surface area (Å²) in [5, 5.41) is 11.9. The molecule has 0 aromatic heterocycles. The van der Waals surface area contributed by atoms with Crippen LogP contribution in [0.4, 0.5) is 36.4 Å². The predicted molar refractivity (Wildman–Crippen MR) is 101 cm³/mol. The summed E-state index contributed by atoms with van der Waals surface area (Å²) in [5.74, 6) is -1.83. The van der Waals surface area contributed by atoms with Crippen molar-refractivity contribution >= 4 is 17.4 Å². The van der Waals surface area contributed by atoms with E-state index in [1.807, 2.05) is 0 Å². The van der Waals surface area contributed by atoms with Crippen LogP contribution in [0.25, 0.3) is 11.1 Å². The van der Waals surface area contributed by atoms with Crippen molar-refractivity contribution in [1.29, 1.82) is 0 Å². The van der Waals surface area contributed by atoms with Crippen molar-refractivity contribution in [2.24, 2.45) is 0 Å². The van der Waals surface area contributed by atoms with E-state index < -0.39 is 29.3 Å². The van der Waals surface area contributed by atoms with Crippen LogP contribution in [0.3, 0.4) is 0 Å². The van der Waals surface area contributed by atoms with E-state index in [9.17, 15) is 45.4 Å². The zero-order chi connectivity index (χ0) is 24.3. The molecule has 11 heteroatoms. The molecular weight excluding hydrogens is 447 g/mol. The number of carbonyl (C=O) groups excluding carboxylic acids is 2. The van der Waals surface area contributed by atoms with Gasteiger partial charge in [0.1, 0.15) is 11.6 Å². The number of hydrogen-bond donors (Lipinski definition) is 2. The first-order valence-electron chi connectivity index (χ1n) is 9.22. The third kappa shape index (κ3) is 5.45. The number of carbonyl (C=O) groups is 2. The van der Waals surface area contributed by atoms with Gasteiger partial charge in [-0.05, 0) is 37.1 Å². The minimum absolute atomic E-state index is 0.0129. The van der Waals surface area contributed by atoms with Gasteiger partial charge in [0.2, 0.25) is 5.91 Å². The number of nitrogens with one attached hydrogen (secondary N) is 1. The second kappa shape index (κ2) is 9.27. The normalized spacial score (nSPS) is 12.5. The number of alkyl halides is 6. The SMILES string of the molecule is CC(=O)CCCC(=O)Nc1ccc(-c2ccc(C(O)(C(F)(F)F)C(F)(F)F)cc2F)cc1. The molecule has 0 saturated carbocycles. The summed E-state index contributed by atoms with van der Waals surface area (Å²) < 4.78 is 92.2. The third-order valence-electron chi connectivity index (χ3n) is 4.62. The Balaban J connectivity index is 2.23. The maximum atomic E-state index is 14.4. The lowest BCUT2D eigenvalue weighted by molar-refractivity contribution is -0.376. The molecule has 174 valence electrons. The number of ketones is 1. The molecule has 2 aromatic rings. The lowest BCUT2D eigenvalue weighted by Gasteiger charge is -2.32. The van der Waals surface area contributed by atoms with Gasteiger partial charge in [0.15, 0.2) is 0 Å². The van der Waals surface area contributed by atoms with Gasteiger partial charge in [0.25, 0.3) is 5.60 Å². The fourth-order valence-corrected chi connectivity index (χ4v) is 2.92. The molecule has 1 amide bonds. The van der Waals surface area contributed by atoms with Crippen molar-refractivity contribution in [3.05, 3.63) is 53.8 Å². The first-order chi connectivity index (χ1) is 14.7. The van der Waals surface area contributed by atoms with Crippen molar-refractivity contribution in [2.75, 3.05) is 5.32 Å². The summed E-state index contributed by atoms with van der Waals surface area (Å²) in [6.45, 7) is 1.40. The molecule has 0 aliphatic carbocycles. The van der Waals surface area contributed by atoms with Gasteiger partial charge in [-0.25, -0.2) is 4.39 Å². The quantitative estimate of drug-likeness (QED) is 0.531. The number of hydrogen-bond acceptors (Lipinski definition) is 3. The van der Waals surface area contributed by atoms with Crippen LogP contribution in [-0.4, -0.2) is 29.1 Å². The van der Waals surface area contributed by atoms with Crippen molar-refractivity contribution < 1.29 is 45.4 Å². The Morgan fingerprint density at radius 1 is 0.906 bits per heavy atom. The van der Waals surface area contributed by atoms with Crippen LogP contribution in [0.1, 0.15) is 31.7 Å². The third-order valence-corrected chi connectivity index (χ3v) is 4.62. The lowest BCUT2D eigenvalue weighted by atomic mass is 9.90. The summed E-state index contributed by atoms with van der Waals surface area (Å²) in [6, 6.07) is 6.39. The molecule has 0 bridgehead atoms. The van der Waals surface area contributed by atoms with Crippen molar-refractivity contribution in [1.82, 2.24) is 0 Å². The summed E-state index contributed by atoms with van der Waals surface area (Å²) >= 11 is 0. The van der Waals surface area contributed by atoms with Gasteiger partial charge in [0, 0.05) is 29.7 Å². The van der Waals surface area contributed by atoms with E-state index in [0.29, 0.717) is 24.2 Å². The van der Waals surface area contributed by atoms with Gasteiger partial charge in [-0.15, -0.1) is 0 Å². The van der Waals surface area contributed by atoms with Crippen LogP contribution in [0, 0.1) is 5.82 Å². The van der Waals surface area contributed by atoms with Crippen LogP contribution in [0.5, 0.6) is 0 Å². The van der Waals surface area contributed by atoms with Crippen LogP contribution in [0.2, 0.25) is 0 Å². The maximum absolute atomic E-state index is 14.4. The average molecular weight is 465 g/mol. The largest absolute Gasteiger partial charge is 0.430 e. The molecule has 2 rings (SSSR count). The summed E-state index contributed by atoms with van der Waals surface area (Å²) in [4.78, 5) is 22.7. The second-order valence-corrected chi connectivity index (χ2v) is 7.08. The molecule has 0 spiro atoms. The predicted octanol–water partition coefficient (Wildman–Crippen LogP) is 5.50. The van der Waals surface area contributed by atoms with Gasteiger partial charge in [-0.1, -0.05) is 24.3 Å². The monoisotopic (exact) mass is 465 g/mol. The van der Waals surface area contributed by atoms with E-state index in [-0.39, 0.29) is 41.7 Å². The minimum atomic E-state index is -6.12. The zero-order valence-corrected chi connectivity index (χ0v) is 16.6. The number of halogens is 7. The highest BCUT2D eigenvalue weighted by Gasteiger charge is 2.71. The Bertz CT molecular complexity index is 968. The van der Waals surface area contributed by atoms with E-state index in [2.05, 4.69) is 5.32 Å². The second-order valence-electron chi connectivity index (χ2n) is 7.08. The van der Waals surface area contributed by atoms with Gasteiger partial charge in [0.05, 0.1) is 0 Å². The van der Waals surface area contributed by atoms with Crippen LogP contribution >= 0.6 is 0 Å². The number of benzene rings is 2. The molecule has 0 saturated heterocycles. The Morgan fingerprint density at radius 3 is 1.94 bits per heavy atom. The fourth-order valence-electron chi connectivity index (χ4n) is 2.92. The number of Topliss-reactive ketones (excluding diaryl/α,β-unsaturated/α-hetero) is 1. The number of aliphatic hydroxyl groups is 1. The Kier molecular flexibility index (Phi) is 7.33. The van der Waals surface area contributed by atoms with Crippen molar-refractivity contribution in [3.8, 4) is 11.1 Å². The summed E-state index contributed by atoms with van der Waals surface area (Å²) in [7, 11) is 0. The molecule has 0 heterocycles. The fraction of sp³-hybridized carbons (Fsp3) is 0.333. The first kappa shape index (κ1) is 25.3. The van der Waals surface area contributed by atoms with Crippen molar-refractivity contribution in [2.45, 2.75) is 44.1 Å².